The van der Waals surface area contributed by atoms with Crippen molar-refractivity contribution in [3.63, 3.8) is 0 Å². The Kier molecular flexibility index (Phi) is 5.13. The van der Waals surface area contributed by atoms with Crippen molar-refractivity contribution >= 4 is 29.2 Å². The van der Waals surface area contributed by atoms with Crippen molar-refractivity contribution < 1.29 is 29.0 Å². The van der Waals surface area contributed by atoms with E-state index in [4.69, 9.17) is 0 Å². The molecule has 1 atom stereocenters. The third-order valence-corrected chi connectivity index (χ3v) is 5.54. The molecule has 4 rings (SSSR count). The Labute approximate surface area is 171 Å². The summed E-state index contributed by atoms with van der Waals surface area (Å²) in [4.78, 5) is 41.5. The Balaban J connectivity index is 1.48. The molecule has 0 spiro atoms. The lowest BCUT2D eigenvalue weighted by Crippen LogP contribution is -2.52. The number of hydrogen-bond acceptors (Lipinski definition) is 6. The first kappa shape index (κ1) is 19.8. The largest absolute Gasteiger partial charge is 0.507 e. The Morgan fingerprint density at radius 2 is 1.73 bits per heavy atom. The van der Waals surface area contributed by atoms with E-state index in [1.54, 1.807) is 18.2 Å². The Morgan fingerprint density at radius 1 is 1.03 bits per heavy atom. The summed E-state index contributed by atoms with van der Waals surface area (Å²) in [6.07, 6.45) is -0.0121. The smallest absolute Gasteiger partial charge is 0.339 e. The van der Waals surface area contributed by atoms with Crippen molar-refractivity contribution in [1.29, 1.82) is 0 Å². The third-order valence-electron chi connectivity index (χ3n) is 5.54. The molecule has 8 nitrogen and oxygen atoms in total. The van der Waals surface area contributed by atoms with Crippen LogP contribution in [-0.4, -0.2) is 65.1 Å². The van der Waals surface area contributed by atoms with Gasteiger partial charge in [-0.2, -0.15) is 0 Å². The van der Waals surface area contributed by atoms with Gasteiger partial charge in [0.15, 0.2) is 0 Å². The van der Waals surface area contributed by atoms with Crippen LogP contribution in [0.4, 0.5) is 15.8 Å². The molecule has 30 heavy (non-hydrogen) atoms. The maximum atomic E-state index is 14.0. The molecule has 2 fully saturated rings. The molecule has 1 unspecified atom stereocenters. The number of nitrogens with zero attached hydrogens (tertiary/aromatic N) is 3. The molecule has 2 aromatic carbocycles. The average molecular weight is 413 g/mol. The summed E-state index contributed by atoms with van der Waals surface area (Å²) in [5.74, 6) is -2.95. The number of hydrogen-bond donors (Lipinski definition) is 2. The second kappa shape index (κ2) is 7.75. The lowest BCUT2D eigenvalue weighted by molar-refractivity contribution is -0.123. The summed E-state index contributed by atoms with van der Waals surface area (Å²) in [6, 6.07) is 9.48. The van der Waals surface area contributed by atoms with Crippen molar-refractivity contribution in [1.82, 2.24) is 4.90 Å². The van der Waals surface area contributed by atoms with Crippen molar-refractivity contribution in [2.75, 3.05) is 36.0 Å². The standard InChI is InChI=1S/C21H20FN3O5/c22-15-3-1-2-4-16(15)23-7-9-24(10-8-23)17-12-19(27)25(20(17)28)13-5-6-18(26)14(11-13)21(29)30/h1-6,11,17,26H,7-10,12H2,(H,29,30). The topological polar surface area (TPSA) is 101 Å². The first-order valence-corrected chi connectivity index (χ1v) is 9.53. The molecule has 2 aliphatic rings. The number of rotatable bonds is 4. The fraction of sp³-hybridized carbons (Fsp3) is 0.286. The molecule has 2 heterocycles. The van der Waals surface area contributed by atoms with Crippen LogP contribution in [-0.2, 0) is 9.59 Å². The van der Waals surface area contributed by atoms with Gasteiger partial charge in [0.1, 0.15) is 17.1 Å². The highest BCUT2D eigenvalue weighted by molar-refractivity contribution is 6.22. The van der Waals surface area contributed by atoms with E-state index in [1.807, 2.05) is 9.80 Å². The zero-order chi connectivity index (χ0) is 21.4. The van der Waals surface area contributed by atoms with Gasteiger partial charge in [-0.15, -0.1) is 0 Å². The zero-order valence-electron chi connectivity index (χ0n) is 16.0. The van der Waals surface area contributed by atoms with E-state index in [9.17, 15) is 29.0 Å². The molecule has 2 aliphatic heterocycles. The lowest BCUT2D eigenvalue weighted by atomic mass is 10.1. The number of carboxylic acids is 1. The Bertz CT molecular complexity index is 1020. The van der Waals surface area contributed by atoms with Crippen LogP contribution in [0.25, 0.3) is 0 Å². The van der Waals surface area contributed by atoms with Crippen molar-refractivity contribution in [2.24, 2.45) is 0 Å². The summed E-state index contributed by atoms with van der Waals surface area (Å²) < 4.78 is 14.0. The number of piperazine rings is 1. The van der Waals surface area contributed by atoms with Crippen LogP contribution < -0.4 is 9.80 Å². The van der Waals surface area contributed by atoms with Crippen molar-refractivity contribution in [3.05, 3.63) is 53.8 Å². The number of benzene rings is 2. The van der Waals surface area contributed by atoms with Gasteiger partial charge in [-0.3, -0.25) is 14.5 Å². The number of anilines is 2. The highest BCUT2D eigenvalue weighted by atomic mass is 19.1. The van der Waals surface area contributed by atoms with Crippen molar-refractivity contribution in [2.45, 2.75) is 12.5 Å². The van der Waals surface area contributed by atoms with E-state index < -0.39 is 29.6 Å². The number of phenols is 1. The number of aromatic hydroxyl groups is 1. The summed E-state index contributed by atoms with van der Waals surface area (Å²) in [6.45, 7) is 2.01. The van der Waals surface area contributed by atoms with E-state index in [-0.39, 0.29) is 23.5 Å². The van der Waals surface area contributed by atoms with Gasteiger partial charge in [-0.05, 0) is 30.3 Å². The molecule has 0 radical (unpaired) electrons. The number of imide groups is 1. The summed E-state index contributed by atoms with van der Waals surface area (Å²) in [5.41, 5.74) is 0.251. The predicted octanol–water partition coefficient (Wildman–Crippen LogP) is 1.68. The molecule has 0 aliphatic carbocycles. The maximum absolute atomic E-state index is 14.0. The zero-order valence-corrected chi connectivity index (χ0v) is 16.0. The molecule has 2 saturated heterocycles. The molecule has 0 bridgehead atoms. The van der Waals surface area contributed by atoms with Gasteiger partial charge in [0.25, 0.3) is 5.91 Å². The number of carbonyl (C=O) groups is 3. The van der Waals surface area contributed by atoms with Crippen molar-refractivity contribution in [3.8, 4) is 5.75 Å². The maximum Gasteiger partial charge on any atom is 0.339 e. The number of halogens is 1. The van der Waals surface area contributed by atoms with Gasteiger partial charge in [-0.1, -0.05) is 12.1 Å². The van der Waals surface area contributed by atoms with Crippen LogP contribution >= 0.6 is 0 Å². The monoisotopic (exact) mass is 413 g/mol. The molecule has 9 heteroatoms. The number of carbonyl (C=O) groups excluding carboxylic acids is 2. The van der Waals surface area contributed by atoms with E-state index in [0.29, 0.717) is 31.9 Å². The predicted molar refractivity (Wildman–Crippen MR) is 106 cm³/mol. The van der Waals surface area contributed by atoms with Crippen LogP contribution in [0.5, 0.6) is 5.75 Å². The van der Waals surface area contributed by atoms with Gasteiger partial charge < -0.3 is 15.1 Å². The van der Waals surface area contributed by atoms with Crippen LogP contribution in [0.2, 0.25) is 0 Å². The minimum absolute atomic E-state index is 0.0121. The quantitative estimate of drug-likeness (QED) is 0.736. The SMILES string of the molecule is O=C(O)c1cc(N2C(=O)CC(N3CCN(c4ccccc4F)CC3)C2=O)ccc1O. The lowest BCUT2D eigenvalue weighted by Gasteiger charge is -2.38. The number of para-hydroxylation sites is 1. The molecule has 156 valence electrons. The highest BCUT2D eigenvalue weighted by Gasteiger charge is 2.43. The Morgan fingerprint density at radius 3 is 2.40 bits per heavy atom. The first-order chi connectivity index (χ1) is 14.4. The molecule has 2 N–H and O–H groups in total. The normalized spacial score (nSPS) is 20.1. The van der Waals surface area contributed by atoms with E-state index >= 15 is 0 Å². The van der Waals surface area contributed by atoms with Gasteiger partial charge in [0.05, 0.1) is 23.8 Å². The minimum Gasteiger partial charge on any atom is -0.507 e. The van der Waals surface area contributed by atoms with Crippen LogP contribution in [0.15, 0.2) is 42.5 Å². The van der Waals surface area contributed by atoms with E-state index in [1.165, 1.54) is 12.1 Å². The summed E-state index contributed by atoms with van der Waals surface area (Å²) in [7, 11) is 0. The van der Waals surface area contributed by atoms with E-state index in [2.05, 4.69) is 0 Å². The highest BCUT2D eigenvalue weighted by Crippen LogP contribution is 2.30. The van der Waals surface area contributed by atoms with Gasteiger partial charge >= 0.3 is 5.97 Å². The fourth-order valence-corrected chi connectivity index (χ4v) is 3.99. The van der Waals surface area contributed by atoms with Gasteiger partial charge in [0, 0.05) is 26.2 Å². The second-order valence-electron chi connectivity index (χ2n) is 7.27. The molecule has 0 saturated carbocycles. The van der Waals surface area contributed by atoms with E-state index in [0.717, 1.165) is 17.0 Å². The Hall–Kier alpha value is -3.46. The number of amides is 2. The van der Waals surface area contributed by atoms with Crippen LogP contribution in [0, 0.1) is 5.82 Å². The summed E-state index contributed by atoms with van der Waals surface area (Å²) in [5, 5.41) is 18.8. The van der Waals surface area contributed by atoms with Gasteiger partial charge in [-0.25, -0.2) is 14.1 Å². The first-order valence-electron chi connectivity index (χ1n) is 9.53. The average Bonchev–Trinajstić information content (AvgIpc) is 3.03. The number of carboxylic acid groups (broad SMARTS) is 1. The second-order valence-corrected chi connectivity index (χ2v) is 7.27. The minimum atomic E-state index is -1.35. The number of aromatic carboxylic acids is 1. The molecule has 2 amide bonds. The fourth-order valence-electron chi connectivity index (χ4n) is 3.99. The molecular formula is C21H20FN3O5. The van der Waals surface area contributed by atoms with Gasteiger partial charge in [0.2, 0.25) is 5.91 Å². The molecular weight excluding hydrogens is 393 g/mol. The summed E-state index contributed by atoms with van der Waals surface area (Å²) >= 11 is 0. The molecule has 0 aromatic heterocycles. The third kappa shape index (κ3) is 3.48. The van der Waals surface area contributed by atoms with Crippen LogP contribution in [0.3, 0.4) is 0 Å². The molecule has 2 aromatic rings. The van der Waals surface area contributed by atoms with Crippen LogP contribution in [0.1, 0.15) is 16.8 Å².